The molecule has 0 saturated carbocycles. The summed E-state index contributed by atoms with van der Waals surface area (Å²) in [6.45, 7) is 10.5. The molecule has 0 amide bonds. The third-order valence-corrected chi connectivity index (χ3v) is 4.00. The molecule has 1 nitrogen and oxygen atoms in total. The summed E-state index contributed by atoms with van der Waals surface area (Å²) >= 11 is 0. The van der Waals surface area contributed by atoms with E-state index in [0.717, 1.165) is 27.7 Å². The smallest absolute Gasteiger partial charge is 0.0709 e. The lowest BCUT2D eigenvalue weighted by Gasteiger charge is -2.19. The SMILES string of the molecule is C=Cc1ccc2nc(-c3ccc(C(C)(C)C)cc3)ccc2c1. The van der Waals surface area contributed by atoms with Crippen molar-refractivity contribution in [1.29, 1.82) is 0 Å². The minimum absolute atomic E-state index is 0.177. The quantitative estimate of drug-likeness (QED) is 0.576. The third kappa shape index (κ3) is 2.80. The van der Waals surface area contributed by atoms with Crippen molar-refractivity contribution in [1.82, 2.24) is 4.98 Å². The van der Waals surface area contributed by atoms with E-state index < -0.39 is 0 Å². The number of nitrogens with zero attached hydrogens (tertiary/aromatic N) is 1. The van der Waals surface area contributed by atoms with Crippen molar-refractivity contribution in [3.05, 3.63) is 72.3 Å². The average molecular weight is 287 g/mol. The first kappa shape index (κ1) is 14.5. The van der Waals surface area contributed by atoms with Crippen LogP contribution in [0.4, 0.5) is 0 Å². The first-order chi connectivity index (χ1) is 10.5. The van der Waals surface area contributed by atoms with Crippen LogP contribution in [-0.4, -0.2) is 4.98 Å². The molecule has 0 aliphatic rings. The maximum Gasteiger partial charge on any atom is 0.0709 e. The molecule has 3 aromatic rings. The zero-order chi connectivity index (χ0) is 15.7. The molecule has 2 aromatic carbocycles. The molecule has 1 heterocycles. The maximum atomic E-state index is 4.78. The van der Waals surface area contributed by atoms with Crippen molar-refractivity contribution in [2.75, 3.05) is 0 Å². The van der Waals surface area contributed by atoms with Crippen LogP contribution in [0.15, 0.2) is 61.2 Å². The number of fused-ring (bicyclic) bond motifs is 1. The summed E-state index contributed by atoms with van der Waals surface area (Å²) in [4.78, 5) is 4.78. The zero-order valence-corrected chi connectivity index (χ0v) is 13.4. The van der Waals surface area contributed by atoms with Crippen LogP contribution >= 0.6 is 0 Å². The number of benzene rings is 2. The Hall–Kier alpha value is -2.41. The lowest BCUT2D eigenvalue weighted by Crippen LogP contribution is -2.10. The lowest BCUT2D eigenvalue weighted by molar-refractivity contribution is 0.590. The van der Waals surface area contributed by atoms with Gasteiger partial charge in [0, 0.05) is 10.9 Å². The molecule has 0 spiro atoms. The second kappa shape index (κ2) is 5.42. The Labute approximate surface area is 132 Å². The number of hydrogen-bond donors (Lipinski definition) is 0. The Morgan fingerprint density at radius 3 is 2.27 bits per heavy atom. The summed E-state index contributed by atoms with van der Waals surface area (Å²) in [6.07, 6.45) is 1.86. The molecule has 0 unspecified atom stereocenters. The molecule has 1 heteroatoms. The highest BCUT2D eigenvalue weighted by Gasteiger charge is 2.13. The molecular weight excluding hydrogens is 266 g/mol. The Kier molecular flexibility index (Phi) is 3.58. The fourth-order valence-electron chi connectivity index (χ4n) is 2.57. The Morgan fingerprint density at radius 2 is 1.64 bits per heavy atom. The van der Waals surface area contributed by atoms with Crippen LogP contribution in [0.2, 0.25) is 0 Å². The highest BCUT2D eigenvalue weighted by atomic mass is 14.7. The molecule has 110 valence electrons. The summed E-state index contributed by atoms with van der Waals surface area (Å²) in [6, 6.07) is 19.1. The van der Waals surface area contributed by atoms with Gasteiger partial charge in [-0.15, -0.1) is 0 Å². The van der Waals surface area contributed by atoms with Gasteiger partial charge in [-0.1, -0.05) is 69.8 Å². The molecule has 0 fully saturated rings. The van der Waals surface area contributed by atoms with Crippen LogP contribution in [0.25, 0.3) is 28.2 Å². The van der Waals surface area contributed by atoms with E-state index in [1.54, 1.807) is 0 Å². The van der Waals surface area contributed by atoms with Gasteiger partial charge in [-0.3, -0.25) is 0 Å². The van der Waals surface area contributed by atoms with E-state index in [2.05, 4.69) is 81.9 Å². The van der Waals surface area contributed by atoms with Gasteiger partial charge >= 0.3 is 0 Å². The minimum atomic E-state index is 0.177. The first-order valence-corrected chi connectivity index (χ1v) is 7.61. The van der Waals surface area contributed by atoms with Crippen LogP contribution in [-0.2, 0) is 5.41 Å². The van der Waals surface area contributed by atoms with Crippen molar-refractivity contribution in [3.63, 3.8) is 0 Å². The number of aromatic nitrogens is 1. The van der Waals surface area contributed by atoms with Crippen LogP contribution in [0.5, 0.6) is 0 Å². The predicted molar refractivity (Wildman–Crippen MR) is 96.0 cm³/mol. The molecule has 3 rings (SSSR count). The van der Waals surface area contributed by atoms with Crippen molar-refractivity contribution in [3.8, 4) is 11.3 Å². The van der Waals surface area contributed by atoms with Gasteiger partial charge in [-0.25, -0.2) is 4.98 Å². The van der Waals surface area contributed by atoms with E-state index in [0.29, 0.717) is 0 Å². The Balaban J connectivity index is 2.01. The first-order valence-electron chi connectivity index (χ1n) is 7.61. The molecule has 0 aliphatic carbocycles. The van der Waals surface area contributed by atoms with E-state index in [1.807, 2.05) is 6.08 Å². The van der Waals surface area contributed by atoms with Gasteiger partial charge in [-0.05, 0) is 34.7 Å². The fourth-order valence-corrected chi connectivity index (χ4v) is 2.57. The van der Waals surface area contributed by atoms with E-state index in [4.69, 9.17) is 4.98 Å². The van der Waals surface area contributed by atoms with E-state index in [1.165, 1.54) is 5.56 Å². The number of rotatable bonds is 2. The van der Waals surface area contributed by atoms with Gasteiger partial charge in [-0.2, -0.15) is 0 Å². The Bertz CT molecular complexity index is 821. The van der Waals surface area contributed by atoms with Crippen molar-refractivity contribution in [2.24, 2.45) is 0 Å². The molecule has 0 radical (unpaired) electrons. The molecule has 0 saturated heterocycles. The molecule has 1 aromatic heterocycles. The summed E-state index contributed by atoms with van der Waals surface area (Å²) < 4.78 is 0. The summed E-state index contributed by atoms with van der Waals surface area (Å²) in [5, 5.41) is 1.15. The molecule has 0 bridgehead atoms. The van der Waals surface area contributed by atoms with E-state index in [9.17, 15) is 0 Å². The van der Waals surface area contributed by atoms with Gasteiger partial charge in [0.2, 0.25) is 0 Å². The third-order valence-electron chi connectivity index (χ3n) is 4.00. The highest BCUT2D eigenvalue weighted by molar-refractivity contribution is 5.83. The van der Waals surface area contributed by atoms with Gasteiger partial charge in [0.25, 0.3) is 0 Å². The van der Waals surface area contributed by atoms with Gasteiger partial charge in [0.15, 0.2) is 0 Å². The average Bonchev–Trinajstić information content (AvgIpc) is 2.53. The lowest BCUT2D eigenvalue weighted by atomic mass is 9.86. The molecule has 0 atom stereocenters. The van der Waals surface area contributed by atoms with Gasteiger partial charge < -0.3 is 0 Å². The van der Waals surface area contributed by atoms with E-state index in [-0.39, 0.29) is 5.41 Å². The molecule has 22 heavy (non-hydrogen) atoms. The largest absolute Gasteiger partial charge is 0.248 e. The van der Waals surface area contributed by atoms with Crippen molar-refractivity contribution < 1.29 is 0 Å². The number of pyridine rings is 1. The minimum Gasteiger partial charge on any atom is -0.248 e. The summed E-state index contributed by atoms with van der Waals surface area (Å²) in [5.74, 6) is 0. The number of hydrogen-bond acceptors (Lipinski definition) is 1. The van der Waals surface area contributed by atoms with Crippen molar-refractivity contribution >= 4 is 17.0 Å². The maximum absolute atomic E-state index is 4.78. The predicted octanol–water partition coefficient (Wildman–Crippen LogP) is 5.84. The highest BCUT2D eigenvalue weighted by Crippen LogP contribution is 2.26. The monoisotopic (exact) mass is 287 g/mol. The molecule has 0 aliphatic heterocycles. The van der Waals surface area contributed by atoms with Crippen molar-refractivity contribution in [2.45, 2.75) is 26.2 Å². The summed E-state index contributed by atoms with van der Waals surface area (Å²) in [7, 11) is 0. The summed E-state index contributed by atoms with van der Waals surface area (Å²) in [5.41, 5.74) is 5.82. The standard InChI is InChI=1S/C21H21N/c1-5-15-6-12-20-17(14-15)9-13-19(22-20)16-7-10-18(11-8-16)21(2,3)4/h5-14H,1H2,2-4H3. The second-order valence-corrected chi connectivity index (χ2v) is 6.68. The van der Waals surface area contributed by atoms with E-state index >= 15 is 0 Å². The van der Waals surface area contributed by atoms with Gasteiger partial charge in [0.05, 0.1) is 11.2 Å². The van der Waals surface area contributed by atoms with Crippen LogP contribution in [0.3, 0.4) is 0 Å². The van der Waals surface area contributed by atoms with Gasteiger partial charge in [0.1, 0.15) is 0 Å². The zero-order valence-electron chi connectivity index (χ0n) is 13.4. The van der Waals surface area contributed by atoms with Crippen LogP contribution in [0.1, 0.15) is 31.9 Å². The second-order valence-electron chi connectivity index (χ2n) is 6.68. The molecular formula is C21H21N. The fraction of sp³-hybridized carbons (Fsp3) is 0.190. The normalized spacial score (nSPS) is 11.6. The van der Waals surface area contributed by atoms with Crippen LogP contribution in [0, 0.1) is 0 Å². The Morgan fingerprint density at radius 1 is 0.909 bits per heavy atom. The van der Waals surface area contributed by atoms with Crippen LogP contribution < -0.4 is 0 Å². The topological polar surface area (TPSA) is 12.9 Å². The molecule has 0 N–H and O–H groups in total.